The van der Waals surface area contributed by atoms with Gasteiger partial charge >= 0.3 is 0 Å². The molecule has 1 heterocycles. The normalized spacial score (nSPS) is 11.5. The predicted molar refractivity (Wildman–Crippen MR) is 104 cm³/mol. The van der Waals surface area contributed by atoms with Crippen molar-refractivity contribution in [1.82, 2.24) is 9.88 Å². The van der Waals surface area contributed by atoms with Gasteiger partial charge in [-0.1, -0.05) is 30.3 Å². The number of aryl methyl sites for hydroxylation is 1. The third-order valence-electron chi connectivity index (χ3n) is 4.06. The van der Waals surface area contributed by atoms with Gasteiger partial charge in [-0.25, -0.2) is 8.42 Å². The number of nitrogens with one attached hydrogen (secondary N) is 2. The molecular formula is C19H21N3O3S. The van der Waals surface area contributed by atoms with Gasteiger partial charge in [-0.3, -0.25) is 9.52 Å². The Morgan fingerprint density at radius 2 is 1.88 bits per heavy atom. The minimum atomic E-state index is -3.33. The molecule has 0 aliphatic rings. The average molecular weight is 371 g/mol. The minimum Gasteiger partial charge on any atom is -0.348 e. The van der Waals surface area contributed by atoms with Gasteiger partial charge in [0.25, 0.3) is 5.91 Å². The van der Waals surface area contributed by atoms with Crippen LogP contribution in [0.25, 0.3) is 10.9 Å². The summed E-state index contributed by atoms with van der Waals surface area (Å²) in [6.45, 7) is 3.13. The van der Waals surface area contributed by atoms with E-state index in [0.29, 0.717) is 17.8 Å². The molecule has 0 fully saturated rings. The molecule has 0 aliphatic heterocycles. The zero-order chi connectivity index (χ0) is 18.7. The molecule has 0 saturated heterocycles. The van der Waals surface area contributed by atoms with Crippen LogP contribution in [0.3, 0.4) is 0 Å². The van der Waals surface area contributed by atoms with Crippen LogP contribution in [0.5, 0.6) is 0 Å². The van der Waals surface area contributed by atoms with E-state index in [0.717, 1.165) is 29.3 Å². The summed E-state index contributed by atoms with van der Waals surface area (Å²) < 4.78 is 27.1. The van der Waals surface area contributed by atoms with E-state index in [-0.39, 0.29) is 5.91 Å². The van der Waals surface area contributed by atoms with Crippen molar-refractivity contribution in [3.63, 3.8) is 0 Å². The van der Waals surface area contributed by atoms with Crippen LogP contribution in [0.15, 0.2) is 54.7 Å². The van der Waals surface area contributed by atoms with Crippen molar-refractivity contribution < 1.29 is 13.2 Å². The lowest BCUT2D eigenvalue weighted by molar-refractivity contribution is 0.0952. The van der Waals surface area contributed by atoms with Crippen molar-refractivity contribution >= 4 is 32.5 Å². The molecule has 0 unspecified atom stereocenters. The van der Waals surface area contributed by atoms with Gasteiger partial charge in [-0.2, -0.15) is 0 Å². The van der Waals surface area contributed by atoms with Gasteiger partial charge < -0.3 is 9.88 Å². The van der Waals surface area contributed by atoms with E-state index in [1.807, 2.05) is 48.0 Å². The van der Waals surface area contributed by atoms with Crippen molar-refractivity contribution in [2.24, 2.45) is 0 Å². The van der Waals surface area contributed by atoms with Crippen molar-refractivity contribution in [1.29, 1.82) is 0 Å². The highest BCUT2D eigenvalue weighted by Crippen LogP contribution is 2.21. The molecule has 0 atom stereocenters. The average Bonchev–Trinajstić information content (AvgIpc) is 2.97. The minimum absolute atomic E-state index is 0.158. The maximum atomic E-state index is 12.6. The fourth-order valence-electron chi connectivity index (χ4n) is 2.93. The number of fused-ring (bicyclic) bond motifs is 1. The number of para-hydroxylation sites is 1. The van der Waals surface area contributed by atoms with Gasteiger partial charge in [0.15, 0.2) is 0 Å². The maximum absolute atomic E-state index is 12.6. The van der Waals surface area contributed by atoms with Crippen LogP contribution in [0, 0.1) is 0 Å². The summed E-state index contributed by atoms with van der Waals surface area (Å²) >= 11 is 0. The quantitative estimate of drug-likeness (QED) is 0.699. The van der Waals surface area contributed by atoms with E-state index in [1.54, 1.807) is 18.2 Å². The first-order valence-electron chi connectivity index (χ1n) is 8.30. The van der Waals surface area contributed by atoms with E-state index < -0.39 is 10.0 Å². The number of carbonyl (C=O) groups is 1. The van der Waals surface area contributed by atoms with Gasteiger partial charge in [0, 0.05) is 35.9 Å². The number of anilines is 1. The SMILES string of the molecule is CCn1cc(C(=O)NCc2cccc(NS(C)(=O)=O)c2)c2ccccc21. The Bertz CT molecular complexity index is 1050. The van der Waals surface area contributed by atoms with Crippen LogP contribution < -0.4 is 10.0 Å². The number of sulfonamides is 1. The van der Waals surface area contributed by atoms with E-state index in [2.05, 4.69) is 10.0 Å². The Balaban J connectivity index is 1.77. The third-order valence-corrected chi connectivity index (χ3v) is 4.66. The molecule has 6 nitrogen and oxygen atoms in total. The van der Waals surface area contributed by atoms with Gasteiger partial charge in [0.05, 0.1) is 11.8 Å². The van der Waals surface area contributed by atoms with E-state index in [1.165, 1.54) is 0 Å². The molecule has 3 rings (SSSR count). The molecule has 7 heteroatoms. The van der Waals surface area contributed by atoms with E-state index in [4.69, 9.17) is 0 Å². The second kappa shape index (κ2) is 7.21. The lowest BCUT2D eigenvalue weighted by Gasteiger charge is -2.08. The largest absolute Gasteiger partial charge is 0.348 e. The molecular weight excluding hydrogens is 350 g/mol. The molecule has 0 radical (unpaired) electrons. The molecule has 1 amide bonds. The second-order valence-electron chi connectivity index (χ2n) is 6.10. The van der Waals surface area contributed by atoms with Gasteiger partial charge in [-0.05, 0) is 30.7 Å². The molecule has 26 heavy (non-hydrogen) atoms. The Kier molecular flexibility index (Phi) is 4.99. The molecule has 0 spiro atoms. The summed E-state index contributed by atoms with van der Waals surface area (Å²) in [6.07, 6.45) is 2.96. The number of benzene rings is 2. The highest BCUT2D eigenvalue weighted by molar-refractivity contribution is 7.92. The van der Waals surface area contributed by atoms with Crippen LogP contribution >= 0.6 is 0 Å². The molecule has 0 saturated carbocycles. The molecule has 2 N–H and O–H groups in total. The number of amides is 1. The van der Waals surface area contributed by atoms with Crippen molar-refractivity contribution in [3.8, 4) is 0 Å². The Hall–Kier alpha value is -2.80. The fraction of sp³-hybridized carbons (Fsp3) is 0.211. The highest BCUT2D eigenvalue weighted by atomic mass is 32.2. The van der Waals surface area contributed by atoms with E-state index >= 15 is 0 Å². The lowest BCUT2D eigenvalue weighted by Crippen LogP contribution is -2.22. The number of aromatic nitrogens is 1. The van der Waals surface area contributed by atoms with Gasteiger partial charge in [0.1, 0.15) is 0 Å². The van der Waals surface area contributed by atoms with Crippen molar-refractivity contribution in [2.45, 2.75) is 20.0 Å². The van der Waals surface area contributed by atoms with Crippen LogP contribution in [0.2, 0.25) is 0 Å². The zero-order valence-electron chi connectivity index (χ0n) is 14.7. The van der Waals surface area contributed by atoms with Crippen LogP contribution in [0.1, 0.15) is 22.8 Å². The molecule has 3 aromatic rings. The Morgan fingerprint density at radius 3 is 2.62 bits per heavy atom. The first-order valence-corrected chi connectivity index (χ1v) is 10.2. The smallest absolute Gasteiger partial charge is 0.253 e. The van der Waals surface area contributed by atoms with Crippen LogP contribution in [-0.2, 0) is 23.1 Å². The Morgan fingerprint density at radius 1 is 1.12 bits per heavy atom. The van der Waals surface area contributed by atoms with Crippen LogP contribution in [-0.4, -0.2) is 25.1 Å². The van der Waals surface area contributed by atoms with Gasteiger partial charge in [-0.15, -0.1) is 0 Å². The van der Waals surface area contributed by atoms with Gasteiger partial charge in [0.2, 0.25) is 10.0 Å². The third kappa shape index (κ3) is 4.05. The summed E-state index contributed by atoms with van der Waals surface area (Å²) in [4.78, 5) is 12.6. The molecule has 2 aromatic carbocycles. The first kappa shape index (κ1) is 18.0. The van der Waals surface area contributed by atoms with Crippen LogP contribution in [0.4, 0.5) is 5.69 Å². The number of carbonyl (C=O) groups excluding carboxylic acids is 1. The summed E-state index contributed by atoms with van der Waals surface area (Å²) in [5.41, 5.74) is 2.94. The second-order valence-corrected chi connectivity index (χ2v) is 7.85. The molecule has 1 aromatic heterocycles. The van der Waals surface area contributed by atoms with Crippen molar-refractivity contribution in [2.75, 3.05) is 11.0 Å². The summed E-state index contributed by atoms with van der Waals surface area (Å²) in [6, 6.07) is 14.8. The molecule has 136 valence electrons. The number of hydrogen-bond donors (Lipinski definition) is 2. The number of hydrogen-bond acceptors (Lipinski definition) is 3. The number of nitrogens with zero attached hydrogens (tertiary/aromatic N) is 1. The summed E-state index contributed by atoms with van der Waals surface area (Å²) in [5, 5.41) is 3.82. The zero-order valence-corrected chi connectivity index (χ0v) is 15.5. The molecule has 0 aliphatic carbocycles. The number of rotatable bonds is 6. The standard InChI is InChI=1S/C19H21N3O3S/c1-3-22-13-17(16-9-4-5-10-18(16)22)19(23)20-12-14-7-6-8-15(11-14)21-26(2,24)25/h4-11,13,21H,3,12H2,1-2H3,(H,20,23). The predicted octanol–water partition coefficient (Wildman–Crippen LogP) is 2.96. The highest BCUT2D eigenvalue weighted by Gasteiger charge is 2.14. The topological polar surface area (TPSA) is 80.2 Å². The fourth-order valence-corrected chi connectivity index (χ4v) is 3.48. The summed E-state index contributed by atoms with van der Waals surface area (Å²) in [5.74, 6) is -0.158. The monoisotopic (exact) mass is 371 g/mol. The molecule has 0 bridgehead atoms. The summed E-state index contributed by atoms with van der Waals surface area (Å²) in [7, 11) is -3.33. The van der Waals surface area contributed by atoms with E-state index in [9.17, 15) is 13.2 Å². The maximum Gasteiger partial charge on any atom is 0.253 e. The Labute approximate surface area is 152 Å². The lowest BCUT2D eigenvalue weighted by atomic mass is 10.1. The van der Waals surface area contributed by atoms with Crippen molar-refractivity contribution in [3.05, 3.63) is 65.9 Å². The first-order chi connectivity index (χ1) is 12.4.